The lowest BCUT2D eigenvalue weighted by Gasteiger charge is -2.27. The van der Waals surface area contributed by atoms with Gasteiger partial charge in [0, 0.05) is 18.2 Å². The van der Waals surface area contributed by atoms with Gasteiger partial charge in [-0.25, -0.2) is 4.39 Å². The standard InChI is InChI=1S/C22H17ClFNO4/c23-13-5-8-17-16(10-13)20(26)18-19(12-3-6-14(24)7-4-12)25(22(27)21(18)29-17)11-15-2-1-9-28-15/h3-8,10,15,19H,1-2,9,11H2/t15-,19-/m1/s1. The first-order valence-corrected chi connectivity index (χ1v) is 9.85. The van der Waals surface area contributed by atoms with E-state index in [0.717, 1.165) is 12.8 Å². The summed E-state index contributed by atoms with van der Waals surface area (Å²) in [6.07, 6.45) is 1.67. The van der Waals surface area contributed by atoms with Crippen LogP contribution in [-0.4, -0.2) is 30.1 Å². The molecule has 1 aromatic heterocycles. The van der Waals surface area contributed by atoms with Crippen LogP contribution in [0.1, 0.15) is 40.6 Å². The molecule has 1 fully saturated rings. The molecule has 1 saturated heterocycles. The highest BCUT2D eigenvalue weighted by Crippen LogP contribution is 2.39. The van der Waals surface area contributed by atoms with Crippen LogP contribution < -0.4 is 5.43 Å². The molecule has 5 nitrogen and oxygen atoms in total. The van der Waals surface area contributed by atoms with Crippen molar-refractivity contribution in [3.63, 3.8) is 0 Å². The minimum absolute atomic E-state index is 0.0251. The van der Waals surface area contributed by atoms with Crippen LogP contribution >= 0.6 is 11.6 Å². The van der Waals surface area contributed by atoms with Gasteiger partial charge in [0.1, 0.15) is 11.4 Å². The second-order valence-electron chi connectivity index (χ2n) is 7.36. The highest BCUT2D eigenvalue weighted by molar-refractivity contribution is 6.31. The largest absolute Gasteiger partial charge is 0.450 e. The molecule has 2 aromatic carbocycles. The Labute approximate surface area is 170 Å². The van der Waals surface area contributed by atoms with E-state index in [0.29, 0.717) is 34.7 Å². The van der Waals surface area contributed by atoms with Crippen LogP contribution in [0.4, 0.5) is 4.39 Å². The summed E-state index contributed by atoms with van der Waals surface area (Å²) in [5.41, 5.74) is 0.907. The van der Waals surface area contributed by atoms with Crippen LogP contribution in [0.3, 0.4) is 0 Å². The molecule has 0 unspecified atom stereocenters. The smallest absolute Gasteiger partial charge is 0.291 e. The maximum Gasteiger partial charge on any atom is 0.291 e. The second kappa shape index (κ2) is 6.97. The summed E-state index contributed by atoms with van der Waals surface area (Å²) < 4.78 is 25.1. The first-order chi connectivity index (χ1) is 14.0. The first kappa shape index (κ1) is 18.3. The van der Waals surface area contributed by atoms with E-state index in [1.165, 1.54) is 18.2 Å². The van der Waals surface area contributed by atoms with Crippen molar-refractivity contribution < 1.29 is 18.3 Å². The van der Waals surface area contributed by atoms with Crippen molar-refractivity contribution in [3.8, 4) is 0 Å². The summed E-state index contributed by atoms with van der Waals surface area (Å²) in [4.78, 5) is 28.2. The lowest BCUT2D eigenvalue weighted by molar-refractivity contribution is 0.0486. The average molecular weight is 414 g/mol. The van der Waals surface area contributed by atoms with E-state index in [1.807, 2.05) is 0 Å². The quantitative estimate of drug-likeness (QED) is 0.642. The fourth-order valence-corrected chi connectivity index (χ4v) is 4.35. The minimum Gasteiger partial charge on any atom is -0.450 e. The highest BCUT2D eigenvalue weighted by Gasteiger charge is 2.43. The van der Waals surface area contributed by atoms with E-state index in [2.05, 4.69) is 0 Å². The van der Waals surface area contributed by atoms with Crippen LogP contribution in [0, 0.1) is 5.82 Å². The van der Waals surface area contributed by atoms with Crippen LogP contribution in [0.2, 0.25) is 5.02 Å². The molecule has 5 rings (SSSR count). The molecule has 148 valence electrons. The lowest BCUT2D eigenvalue weighted by atomic mass is 9.98. The van der Waals surface area contributed by atoms with Gasteiger partial charge in [-0.3, -0.25) is 9.59 Å². The van der Waals surface area contributed by atoms with Gasteiger partial charge >= 0.3 is 0 Å². The SMILES string of the molecule is O=C1c2oc3ccc(Cl)cc3c(=O)c2[C@@H](c2ccc(F)cc2)N1C[C@H]1CCCO1. The first-order valence-electron chi connectivity index (χ1n) is 9.47. The third kappa shape index (κ3) is 3.03. The summed E-state index contributed by atoms with van der Waals surface area (Å²) in [6, 6.07) is 9.89. The normalized spacial score (nSPS) is 21.2. The number of amides is 1. The van der Waals surface area contributed by atoms with Crippen LogP contribution in [0.5, 0.6) is 0 Å². The van der Waals surface area contributed by atoms with E-state index < -0.39 is 6.04 Å². The molecule has 0 aliphatic carbocycles. The molecule has 2 atom stereocenters. The maximum absolute atomic E-state index is 13.5. The van der Waals surface area contributed by atoms with Gasteiger partial charge in [-0.05, 0) is 48.7 Å². The molecule has 0 spiro atoms. The number of halogens is 2. The Morgan fingerprint density at radius 3 is 2.66 bits per heavy atom. The molecule has 2 aliphatic heterocycles. The van der Waals surface area contributed by atoms with Gasteiger partial charge in [0.05, 0.1) is 23.1 Å². The van der Waals surface area contributed by atoms with Crippen molar-refractivity contribution >= 4 is 28.5 Å². The molecule has 0 N–H and O–H groups in total. The summed E-state index contributed by atoms with van der Waals surface area (Å²) in [5.74, 6) is -0.725. The third-order valence-corrected chi connectivity index (χ3v) is 5.77. The Balaban J connectivity index is 1.71. The van der Waals surface area contributed by atoms with Crippen molar-refractivity contribution in [3.05, 3.63) is 80.4 Å². The number of benzene rings is 2. The molecular weight excluding hydrogens is 397 g/mol. The van der Waals surface area contributed by atoms with Crippen molar-refractivity contribution in [2.75, 3.05) is 13.2 Å². The summed E-state index contributed by atoms with van der Waals surface area (Å²) in [5, 5.41) is 0.721. The van der Waals surface area contributed by atoms with E-state index in [9.17, 15) is 14.0 Å². The number of carbonyl (C=O) groups excluding carboxylic acids is 1. The van der Waals surface area contributed by atoms with Crippen molar-refractivity contribution in [1.82, 2.24) is 4.90 Å². The van der Waals surface area contributed by atoms with Crippen molar-refractivity contribution in [2.24, 2.45) is 0 Å². The van der Waals surface area contributed by atoms with E-state index in [-0.39, 0.29) is 34.6 Å². The van der Waals surface area contributed by atoms with Gasteiger partial charge in [0.25, 0.3) is 5.91 Å². The zero-order valence-corrected chi connectivity index (χ0v) is 16.1. The number of fused-ring (bicyclic) bond motifs is 2. The predicted molar refractivity (Wildman–Crippen MR) is 106 cm³/mol. The fourth-order valence-electron chi connectivity index (χ4n) is 4.18. The number of carbonyl (C=O) groups is 1. The fraction of sp³-hybridized carbons (Fsp3) is 0.273. The lowest BCUT2D eigenvalue weighted by Crippen LogP contribution is -2.36. The zero-order chi connectivity index (χ0) is 20.1. The summed E-state index contributed by atoms with van der Waals surface area (Å²) >= 11 is 6.07. The van der Waals surface area contributed by atoms with Crippen LogP contribution in [-0.2, 0) is 4.74 Å². The number of hydrogen-bond acceptors (Lipinski definition) is 4. The Hall–Kier alpha value is -2.70. The van der Waals surface area contributed by atoms with E-state index >= 15 is 0 Å². The van der Waals surface area contributed by atoms with Gasteiger partial charge in [-0.1, -0.05) is 23.7 Å². The number of hydrogen-bond donors (Lipinski definition) is 0. The highest BCUT2D eigenvalue weighted by atomic mass is 35.5. The average Bonchev–Trinajstić information content (AvgIpc) is 3.32. The predicted octanol–water partition coefficient (Wildman–Crippen LogP) is 4.31. The van der Waals surface area contributed by atoms with Gasteiger partial charge < -0.3 is 14.1 Å². The Bertz CT molecular complexity index is 1170. The van der Waals surface area contributed by atoms with Gasteiger partial charge in [-0.2, -0.15) is 0 Å². The van der Waals surface area contributed by atoms with E-state index in [4.69, 9.17) is 20.8 Å². The molecule has 2 aliphatic rings. The van der Waals surface area contributed by atoms with Crippen molar-refractivity contribution in [2.45, 2.75) is 25.0 Å². The van der Waals surface area contributed by atoms with Crippen LogP contribution in [0.25, 0.3) is 11.0 Å². The van der Waals surface area contributed by atoms with Crippen molar-refractivity contribution in [1.29, 1.82) is 0 Å². The summed E-state index contributed by atoms with van der Waals surface area (Å²) in [7, 11) is 0. The Morgan fingerprint density at radius 2 is 1.93 bits per heavy atom. The molecule has 29 heavy (non-hydrogen) atoms. The molecule has 0 radical (unpaired) electrons. The number of rotatable bonds is 3. The zero-order valence-electron chi connectivity index (χ0n) is 15.4. The molecule has 0 bridgehead atoms. The number of ether oxygens (including phenoxy) is 1. The molecular formula is C22H17ClFNO4. The molecule has 3 aromatic rings. The Kier molecular flexibility index (Phi) is 4.41. The molecule has 3 heterocycles. The van der Waals surface area contributed by atoms with Crippen LogP contribution in [0.15, 0.2) is 51.7 Å². The number of nitrogens with zero attached hydrogens (tertiary/aromatic N) is 1. The minimum atomic E-state index is -0.665. The second-order valence-corrected chi connectivity index (χ2v) is 7.80. The molecule has 1 amide bonds. The summed E-state index contributed by atoms with van der Waals surface area (Å²) in [6.45, 7) is 0.988. The maximum atomic E-state index is 13.5. The van der Waals surface area contributed by atoms with Gasteiger partial charge in [-0.15, -0.1) is 0 Å². The van der Waals surface area contributed by atoms with E-state index in [1.54, 1.807) is 29.2 Å². The Morgan fingerprint density at radius 1 is 1.14 bits per heavy atom. The van der Waals surface area contributed by atoms with Gasteiger partial charge in [0.15, 0.2) is 5.43 Å². The van der Waals surface area contributed by atoms with Gasteiger partial charge in [0.2, 0.25) is 5.76 Å². The monoisotopic (exact) mass is 413 g/mol. The molecule has 0 saturated carbocycles. The molecule has 7 heteroatoms. The third-order valence-electron chi connectivity index (χ3n) is 5.54. The topological polar surface area (TPSA) is 59.8 Å².